The van der Waals surface area contributed by atoms with E-state index in [-0.39, 0.29) is 0 Å². The van der Waals surface area contributed by atoms with Gasteiger partial charge in [-0.2, -0.15) is 0 Å². The number of hydrogen-bond donors (Lipinski definition) is 0. The standard InChI is InChI=1S/C9H16.3C9H18.4C8H16/c1-7-5-8-3-4-9(7,2)6-8;1-8-4-6-9(2,3)7-5-8;1-8-6-4-5-7-9(8,2)3;1-7-5-4-6-8(2)9(7)3;1-6(2)8-4-7(3)5-8;1-8(2,3)7-5-4-6-7;1-5-6(2)8(4)7(5)3;1-3-7(2)8-5-4-6-8/h7-8H,3-6H2,1-2H3;2*8H,4-7H2,1-3H3;7-9H,4-6H2,1-3H3;6-8H,4-5H2,1-3H3;7H,4-6H2,1-3H3;5-8H,1-4H3;7-8H,3-6H2,1-2H3/t7-,8?,9?;;8-;;;;;/m0.1...../s1. The highest BCUT2D eigenvalue weighted by atomic mass is 14.5. The van der Waals surface area contributed by atoms with E-state index in [1.807, 2.05) is 0 Å². The molecule has 0 spiro atoms. The highest BCUT2D eigenvalue weighted by molar-refractivity contribution is 4.97. The van der Waals surface area contributed by atoms with E-state index in [0.29, 0.717) is 16.2 Å². The molecule has 406 valence electrons. The molecular weight excluding hydrogens is 817 g/mol. The monoisotopic (exact) mass is 951 g/mol. The minimum atomic E-state index is 0.595. The number of rotatable bonds is 3. The van der Waals surface area contributed by atoms with Crippen LogP contribution < -0.4 is 0 Å². The molecule has 5 unspecified atom stereocenters. The van der Waals surface area contributed by atoms with E-state index in [9.17, 15) is 0 Å². The number of hydrogen-bond acceptors (Lipinski definition) is 0. The van der Waals surface area contributed by atoms with Crippen LogP contribution in [0.3, 0.4) is 0 Å². The predicted octanol–water partition coefficient (Wildman–Crippen LogP) is 23.3. The summed E-state index contributed by atoms with van der Waals surface area (Å²) in [7, 11) is 0. The lowest BCUT2D eigenvalue weighted by Gasteiger charge is -2.45. The Morgan fingerprint density at radius 3 is 1.15 bits per heavy atom. The maximum Gasteiger partial charge on any atom is -0.0297 e. The third-order valence-electron chi connectivity index (χ3n) is 23.1. The Balaban J connectivity index is 0.000000267. The maximum atomic E-state index is 2.48. The third kappa shape index (κ3) is 21.8. The molecule has 0 aliphatic heterocycles. The second-order valence-corrected chi connectivity index (χ2v) is 30.7. The van der Waals surface area contributed by atoms with Crippen molar-refractivity contribution in [3.05, 3.63) is 0 Å². The van der Waals surface area contributed by atoms with Gasteiger partial charge in [-0.05, 0) is 193 Å². The quantitative estimate of drug-likeness (QED) is 0.264. The molecule has 9 aliphatic carbocycles. The fourth-order valence-corrected chi connectivity index (χ4v) is 13.8. The van der Waals surface area contributed by atoms with Gasteiger partial charge in [-0.3, -0.25) is 0 Å². The second-order valence-electron chi connectivity index (χ2n) is 30.7. The van der Waals surface area contributed by atoms with Crippen LogP contribution in [0.2, 0.25) is 0 Å². The molecular formula is C68H134. The SMILES string of the molecule is CC(C)(C)C1CCC1.CC1C(C)C(C)C1C.CC1CC(C(C)C)C1.CC1CCC(C)(C)CC1.CC1CCCC(C)C1C.CCC(C)C1CCC1.C[C@@H]1CCCCC1(C)C.C[C@H]1CC2CCC1(C)C2. The molecule has 0 aromatic heterocycles. The average Bonchev–Trinajstić information content (AvgIpc) is 3.74. The van der Waals surface area contributed by atoms with Crippen molar-refractivity contribution in [3.63, 3.8) is 0 Å². The van der Waals surface area contributed by atoms with Gasteiger partial charge in [0, 0.05) is 0 Å². The Morgan fingerprint density at radius 2 is 0.941 bits per heavy atom. The lowest BCUT2D eigenvalue weighted by molar-refractivity contribution is 0.0302. The maximum absolute atomic E-state index is 2.48. The Morgan fingerprint density at radius 1 is 0.456 bits per heavy atom. The first-order valence-electron chi connectivity index (χ1n) is 31.4. The molecule has 0 radical (unpaired) electrons. The van der Waals surface area contributed by atoms with Crippen molar-refractivity contribution >= 4 is 0 Å². The van der Waals surface area contributed by atoms with Crippen LogP contribution in [0.4, 0.5) is 0 Å². The fourth-order valence-electron chi connectivity index (χ4n) is 13.8. The van der Waals surface area contributed by atoms with Gasteiger partial charge in [0.1, 0.15) is 0 Å². The lowest BCUT2D eigenvalue weighted by Crippen LogP contribution is -2.39. The van der Waals surface area contributed by atoms with Crippen LogP contribution in [0.5, 0.6) is 0 Å². The normalized spacial score (nSPS) is 38.3. The predicted molar refractivity (Wildman–Crippen MR) is 310 cm³/mol. The summed E-state index contributed by atoms with van der Waals surface area (Å²) in [5.74, 6) is 17.1. The summed E-state index contributed by atoms with van der Waals surface area (Å²) in [6.45, 7) is 54.6. The molecule has 0 heterocycles. The van der Waals surface area contributed by atoms with Gasteiger partial charge in [0.15, 0.2) is 0 Å². The minimum absolute atomic E-state index is 0.595. The summed E-state index contributed by atoms with van der Waals surface area (Å²) in [6, 6.07) is 0. The molecule has 68 heavy (non-hydrogen) atoms. The summed E-state index contributed by atoms with van der Waals surface area (Å²) in [5, 5.41) is 0. The second kappa shape index (κ2) is 29.8. The van der Waals surface area contributed by atoms with E-state index in [0.717, 1.165) is 106 Å². The van der Waals surface area contributed by atoms with Gasteiger partial charge in [-0.1, -0.05) is 243 Å². The largest absolute Gasteiger partial charge is 0.0651 e. The van der Waals surface area contributed by atoms with Gasteiger partial charge in [0.05, 0.1) is 0 Å². The zero-order valence-electron chi connectivity index (χ0n) is 51.8. The van der Waals surface area contributed by atoms with Gasteiger partial charge in [-0.25, -0.2) is 0 Å². The topological polar surface area (TPSA) is 0 Å². The van der Waals surface area contributed by atoms with Crippen molar-refractivity contribution in [1.29, 1.82) is 0 Å². The van der Waals surface area contributed by atoms with Crippen LogP contribution in [0, 0.1) is 122 Å². The molecule has 0 amide bonds. The molecule has 0 aromatic carbocycles. The van der Waals surface area contributed by atoms with Gasteiger partial charge >= 0.3 is 0 Å². The first-order chi connectivity index (χ1) is 31.4. The van der Waals surface area contributed by atoms with E-state index >= 15 is 0 Å². The van der Waals surface area contributed by atoms with Crippen LogP contribution in [0.15, 0.2) is 0 Å². The van der Waals surface area contributed by atoms with Gasteiger partial charge in [0.2, 0.25) is 0 Å². The van der Waals surface area contributed by atoms with Crippen LogP contribution in [0.25, 0.3) is 0 Å². The van der Waals surface area contributed by atoms with Crippen molar-refractivity contribution in [1.82, 2.24) is 0 Å². The Kier molecular flexibility index (Phi) is 28.1. The summed E-state index contributed by atoms with van der Waals surface area (Å²) < 4.78 is 0. The molecule has 9 fully saturated rings. The molecule has 9 saturated carbocycles. The van der Waals surface area contributed by atoms with E-state index in [2.05, 4.69) is 159 Å². The smallest absolute Gasteiger partial charge is 0.0297 e. The van der Waals surface area contributed by atoms with Crippen LogP contribution in [-0.4, -0.2) is 0 Å². The summed E-state index contributed by atoms with van der Waals surface area (Å²) in [6.07, 6.45) is 35.4. The first kappa shape index (κ1) is 64.1. The highest BCUT2D eigenvalue weighted by Crippen LogP contribution is 2.57. The molecule has 0 nitrogen and oxygen atoms in total. The van der Waals surface area contributed by atoms with Gasteiger partial charge in [0.25, 0.3) is 0 Å². The third-order valence-corrected chi connectivity index (χ3v) is 23.1. The lowest BCUT2D eigenvalue weighted by atomic mass is 9.60. The van der Waals surface area contributed by atoms with Crippen LogP contribution >= 0.6 is 0 Å². The van der Waals surface area contributed by atoms with Crippen molar-refractivity contribution in [3.8, 4) is 0 Å². The highest BCUT2D eigenvalue weighted by Gasteiger charge is 2.46. The fraction of sp³-hybridized carbons (Fsp3) is 1.00. The van der Waals surface area contributed by atoms with E-state index in [1.165, 1.54) is 154 Å². The minimum Gasteiger partial charge on any atom is -0.0651 e. The van der Waals surface area contributed by atoms with E-state index in [4.69, 9.17) is 0 Å². The van der Waals surface area contributed by atoms with Gasteiger partial charge in [-0.15, -0.1) is 0 Å². The van der Waals surface area contributed by atoms with Crippen LogP contribution in [0.1, 0.15) is 313 Å². The zero-order valence-corrected chi connectivity index (χ0v) is 51.8. The molecule has 2 bridgehead atoms. The summed E-state index contributed by atoms with van der Waals surface area (Å²) in [4.78, 5) is 0. The zero-order chi connectivity index (χ0) is 51.8. The Bertz CT molecular complexity index is 1220. The van der Waals surface area contributed by atoms with E-state index < -0.39 is 0 Å². The molecule has 0 saturated heterocycles. The molecule has 7 atom stereocenters. The van der Waals surface area contributed by atoms with Crippen molar-refractivity contribution in [2.24, 2.45) is 122 Å². The van der Waals surface area contributed by atoms with E-state index in [1.54, 1.807) is 0 Å². The molecule has 0 aromatic rings. The Hall–Kier alpha value is 0. The summed E-state index contributed by atoms with van der Waals surface area (Å²) >= 11 is 0. The molecule has 0 N–H and O–H groups in total. The Labute approximate surface area is 433 Å². The number of fused-ring (bicyclic) bond motifs is 2. The summed E-state index contributed by atoms with van der Waals surface area (Å²) in [5.41, 5.74) is 2.66. The van der Waals surface area contributed by atoms with Crippen molar-refractivity contribution < 1.29 is 0 Å². The first-order valence-corrected chi connectivity index (χ1v) is 31.4. The van der Waals surface area contributed by atoms with Crippen LogP contribution in [-0.2, 0) is 0 Å². The molecule has 9 aliphatic rings. The average molecular weight is 952 g/mol. The van der Waals surface area contributed by atoms with Crippen molar-refractivity contribution in [2.45, 2.75) is 313 Å². The molecule has 0 heteroatoms. The molecule has 9 rings (SSSR count). The van der Waals surface area contributed by atoms with Crippen molar-refractivity contribution in [2.75, 3.05) is 0 Å². The van der Waals surface area contributed by atoms with Gasteiger partial charge < -0.3 is 0 Å².